The first kappa shape index (κ1) is 20.8. The largest absolute Gasteiger partial charge is 0.369 e. The van der Waals surface area contributed by atoms with E-state index in [0.29, 0.717) is 11.6 Å². The summed E-state index contributed by atoms with van der Waals surface area (Å²) in [7, 11) is 0. The van der Waals surface area contributed by atoms with Gasteiger partial charge < -0.3 is 15.5 Å². The second kappa shape index (κ2) is 10.0. The summed E-state index contributed by atoms with van der Waals surface area (Å²) in [6.45, 7) is 7.76. The third-order valence-corrected chi connectivity index (χ3v) is 5.41. The molecule has 1 fully saturated rings. The summed E-state index contributed by atoms with van der Waals surface area (Å²) in [5, 5.41) is 7.13. The molecule has 0 saturated carbocycles. The van der Waals surface area contributed by atoms with Crippen molar-refractivity contribution in [2.75, 3.05) is 49.5 Å². The number of nitrogens with zero attached hydrogens (tertiary/aromatic N) is 2. The van der Waals surface area contributed by atoms with Gasteiger partial charge in [0, 0.05) is 54.1 Å². The van der Waals surface area contributed by atoms with E-state index in [9.17, 15) is 4.79 Å². The summed E-state index contributed by atoms with van der Waals surface area (Å²) < 4.78 is 0. The second-order valence-corrected chi connectivity index (χ2v) is 7.87. The summed E-state index contributed by atoms with van der Waals surface area (Å²) >= 11 is 12.0. The first-order valence-electron chi connectivity index (χ1n) is 9.55. The van der Waals surface area contributed by atoms with E-state index in [-0.39, 0.29) is 6.03 Å². The van der Waals surface area contributed by atoms with Gasteiger partial charge in [-0.3, -0.25) is 4.90 Å². The molecule has 3 rings (SSSR count). The van der Waals surface area contributed by atoms with Crippen molar-refractivity contribution < 1.29 is 4.79 Å². The molecule has 5 nitrogen and oxygen atoms in total. The number of aryl methyl sites for hydroxylation is 1. The van der Waals surface area contributed by atoms with Crippen LogP contribution in [0.1, 0.15) is 12.0 Å². The summed E-state index contributed by atoms with van der Waals surface area (Å²) in [5.74, 6) is 0. The lowest BCUT2D eigenvalue weighted by Crippen LogP contribution is -2.47. The zero-order valence-corrected chi connectivity index (χ0v) is 17.6. The van der Waals surface area contributed by atoms with Gasteiger partial charge in [0.1, 0.15) is 0 Å². The number of benzene rings is 2. The normalized spacial score (nSPS) is 14.8. The number of urea groups is 1. The molecule has 1 saturated heterocycles. The number of piperazine rings is 1. The summed E-state index contributed by atoms with van der Waals surface area (Å²) in [6.07, 6.45) is 0.921. The quantitative estimate of drug-likeness (QED) is 0.669. The van der Waals surface area contributed by atoms with E-state index in [1.807, 2.05) is 6.07 Å². The van der Waals surface area contributed by atoms with Crippen LogP contribution in [0.3, 0.4) is 0 Å². The van der Waals surface area contributed by atoms with Gasteiger partial charge in [-0.15, -0.1) is 0 Å². The molecule has 2 amide bonds. The standard InChI is InChI=1S/C21H26Cl2N4O/c1-16-3-4-18(23)15-20(16)27-13-11-26(12-14-27)10-2-9-24-21(28)25-19-7-5-17(22)6-8-19/h3-8,15H,2,9-14H2,1H3,(H2,24,25,28). The minimum atomic E-state index is -0.191. The summed E-state index contributed by atoms with van der Waals surface area (Å²) in [5.41, 5.74) is 3.22. The molecule has 0 spiro atoms. The molecule has 28 heavy (non-hydrogen) atoms. The Morgan fingerprint density at radius 3 is 2.39 bits per heavy atom. The number of amides is 2. The number of carbonyl (C=O) groups is 1. The monoisotopic (exact) mass is 420 g/mol. The van der Waals surface area contributed by atoms with Crippen LogP contribution in [0.4, 0.5) is 16.2 Å². The molecular formula is C21H26Cl2N4O. The Kier molecular flexibility index (Phi) is 7.43. The number of rotatable bonds is 6. The van der Waals surface area contributed by atoms with Gasteiger partial charge in [-0.1, -0.05) is 29.3 Å². The highest BCUT2D eigenvalue weighted by Gasteiger charge is 2.18. The number of anilines is 2. The first-order valence-corrected chi connectivity index (χ1v) is 10.3. The van der Waals surface area contributed by atoms with E-state index < -0.39 is 0 Å². The summed E-state index contributed by atoms with van der Waals surface area (Å²) in [6, 6.07) is 12.9. The van der Waals surface area contributed by atoms with Gasteiger partial charge in [0.25, 0.3) is 0 Å². The van der Waals surface area contributed by atoms with E-state index in [1.165, 1.54) is 11.3 Å². The predicted octanol–water partition coefficient (Wildman–Crippen LogP) is 4.64. The summed E-state index contributed by atoms with van der Waals surface area (Å²) in [4.78, 5) is 16.8. The predicted molar refractivity (Wildman–Crippen MR) is 118 cm³/mol. The van der Waals surface area contributed by atoms with Crippen molar-refractivity contribution in [3.8, 4) is 0 Å². The molecule has 1 aliphatic heterocycles. The van der Waals surface area contributed by atoms with Gasteiger partial charge in [0.15, 0.2) is 0 Å². The molecule has 0 unspecified atom stereocenters. The van der Waals surface area contributed by atoms with Gasteiger partial charge in [0.2, 0.25) is 0 Å². The van der Waals surface area contributed by atoms with Gasteiger partial charge in [-0.25, -0.2) is 4.79 Å². The molecule has 0 radical (unpaired) electrons. The van der Waals surface area contributed by atoms with Crippen molar-refractivity contribution in [3.05, 3.63) is 58.1 Å². The lowest BCUT2D eigenvalue weighted by atomic mass is 10.1. The number of carbonyl (C=O) groups excluding carboxylic acids is 1. The molecule has 2 N–H and O–H groups in total. The Labute approximate surface area is 176 Å². The maximum atomic E-state index is 11.9. The van der Waals surface area contributed by atoms with E-state index >= 15 is 0 Å². The minimum Gasteiger partial charge on any atom is -0.369 e. The molecule has 0 aliphatic carbocycles. The van der Waals surface area contributed by atoms with Crippen molar-refractivity contribution in [3.63, 3.8) is 0 Å². The highest BCUT2D eigenvalue weighted by atomic mass is 35.5. The van der Waals surface area contributed by atoms with Crippen LogP contribution >= 0.6 is 23.2 Å². The van der Waals surface area contributed by atoms with Gasteiger partial charge in [-0.2, -0.15) is 0 Å². The van der Waals surface area contributed by atoms with Crippen LogP contribution in [0.2, 0.25) is 10.0 Å². The number of nitrogens with one attached hydrogen (secondary N) is 2. The smallest absolute Gasteiger partial charge is 0.319 e. The van der Waals surface area contributed by atoms with Crippen molar-refractivity contribution in [2.24, 2.45) is 0 Å². The molecule has 0 atom stereocenters. The number of hydrogen-bond acceptors (Lipinski definition) is 3. The van der Waals surface area contributed by atoms with E-state index in [2.05, 4.69) is 39.5 Å². The average Bonchev–Trinajstić information content (AvgIpc) is 2.69. The van der Waals surface area contributed by atoms with Crippen LogP contribution in [0.25, 0.3) is 0 Å². The Morgan fingerprint density at radius 2 is 1.68 bits per heavy atom. The Hall–Kier alpha value is -1.95. The average molecular weight is 421 g/mol. The fourth-order valence-electron chi connectivity index (χ4n) is 3.35. The SMILES string of the molecule is Cc1ccc(Cl)cc1N1CCN(CCCNC(=O)Nc2ccc(Cl)cc2)CC1. The van der Waals surface area contributed by atoms with Crippen molar-refractivity contribution in [1.82, 2.24) is 10.2 Å². The second-order valence-electron chi connectivity index (χ2n) is 7.00. The Morgan fingerprint density at radius 1 is 1.00 bits per heavy atom. The van der Waals surface area contributed by atoms with E-state index in [0.717, 1.165) is 49.9 Å². The van der Waals surface area contributed by atoms with Gasteiger partial charge in [-0.05, 0) is 61.9 Å². The van der Waals surface area contributed by atoms with Crippen molar-refractivity contribution in [1.29, 1.82) is 0 Å². The molecular weight excluding hydrogens is 395 g/mol. The molecule has 2 aromatic carbocycles. The third kappa shape index (κ3) is 6.03. The highest BCUT2D eigenvalue weighted by molar-refractivity contribution is 6.31. The molecule has 0 bridgehead atoms. The van der Waals surface area contributed by atoms with Crippen molar-refractivity contribution >= 4 is 40.6 Å². The van der Waals surface area contributed by atoms with Gasteiger partial charge in [0.05, 0.1) is 0 Å². The van der Waals surface area contributed by atoms with Crippen molar-refractivity contribution in [2.45, 2.75) is 13.3 Å². The van der Waals surface area contributed by atoms with E-state index in [1.54, 1.807) is 24.3 Å². The fraction of sp³-hybridized carbons (Fsp3) is 0.381. The zero-order chi connectivity index (χ0) is 19.9. The lowest BCUT2D eigenvalue weighted by Gasteiger charge is -2.37. The Balaban J connectivity index is 1.34. The number of hydrogen-bond donors (Lipinski definition) is 2. The molecule has 1 aliphatic rings. The van der Waals surface area contributed by atoms with E-state index in [4.69, 9.17) is 23.2 Å². The maximum absolute atomic E-state index is 11.9. The number of halogens is 2. The maximum Gasteiger partial charge on any atom is 0.319 e. The van der Waals surface area contributed by atoms with Gasteiger partial charge >= 0.3 is 6.03 Å². The topological polar surface area (TPSA) is 47.6 Å². The first-order chi connectivity index (χ1) is 13.5. The molecule has 7 heteroatoms. The van der Waals surface area contributed by atoms with Crippen LogP contribution in [-0.4, -0.2) is 50.2 Å². The molecule has 150 valence electrons. The minimum absolute atomic E-state index is 0.191. The van der Waals surface area contributed by atoms with Crippen LogP contribution in [0, 0.1) is 6.92 Å². The Bertz CT molecular complexity index is 789. The van der Waals surface area contributed by atoms with Crippen LogP contribution in [-0.2, 0) is 0 Å². The molecule has 2 aromatic rings. The highest BCUT2D eigenvalue weighted by Crippen LogP contribution is 2.25. The zero-order valence-electron chi connectivity index (χ0n) is 16.0. The third-order valence-electron chi connectivity index (χ3n) is 4.92. The molecule has 1 heterocycles. The molecule has 0 aromatic heterocycles. The van der Waals surface area contributed by atoms with Crippen LogP contribution in [0.5, 0.6) is 0 Å². The van der Waals surface area contributed by atoms with Crippen LogP contribution < -0.4 is 15.5 Å². The van der Waals surface area contributed by atoms with Crippen LogP contribution in [0.15, 0.2) is 42.5 Å². The fourth-order valence-corrected chi connectivity index (χ4v) is 3.64. The lowest BCUT2D eigenvalue weighted by molar-refractivity contribution is 0.244.